The molecule has 0 aliphatic heterocycles. The molecule has 5 heteroatoms. The predicted molar refractivity (Wildman–Crippen MR) is 42.7 cm³/mol. The molecule has 0 aromatic rings. The Balaban J connectivity index is 2.80. The second-order valence-corrected chi connectivity index (χ2v) is 2.65. The third kappa shape index (κ3) is 10.5. The van der Waals surface area contributed by atoms with Crippen LogP contribution in [0.25, 0.3) is 0 Å². The van der Waals surface area contributed by atoms with E-state index in [1.807, 2.05) is 0 Å². The maximum Gasteiger partial charge on any atom is 0.189 e. The highest BCUT2D eigenvalue weighted by Crippen LogP contribution is 1.91. The van der Waals surface area contributed by atoms with E-state index >= 15 is 0 Å². The van der Waals surface area contributed by atoms with Gasteiger partial charge in [0.15, 0.2) is 5.56 Å². The molecule has 1 unspecified atom stereocenters. The van der Waals surface area contributed by atoms with Crippen molar-refractivity contribution in [3.05, 3.63) is 0 Å². The molecule has 1 atom stereocenters. The molecular weight excluding hydrogens is 191 g/mol. The van der Waals surface area contributed by atoms with Crippen LogP contribution in [0.3, 0.4) is 0 Å². The van der Waals surface area contributed by atoms with Crippen LogP contribution in [-0.4, -0.2) is 37.9 Å². The molecule has 0 aliphatic rings. The molecule has 0 spiro atoms. The first-order chi connectivity index (χ1) is 5.27. The molecular formula is C6H11Cl2O3. The summed E-state index contributed by atoms with van der Waals surface area (Å²) < 4.78 is 9.79. The fraction of sp³-hybridized carbons (Fsp3) is 1.00. The monoisotopic (exact) mass is 201 g/mol. The Labute approximate surface area is 76.2 Å². The van der Waals surface area contributed by atoms with Crippen LogP contribution in [0.2, 0.25) is 0 Å². The van der Waals surface area contributed by atoms with E-state index < -0.39 is 5.56 Å². The molecule has 67 valence electrons. The average Bonchev–Trinajstić information content (AvgIpc) is 1.96. The van der Waals surface area contributed by atoms with E-state index in [0.29, 0.717) is 25.7 Å². The Morgan fingerprint density at radius 2 is 1.82 bits per heavy atom. The summed E-state index contributed by atoms with van der Waals surface area (Å²) >= 11 is 10.4. The molecule has 0 fully saturated rings. The highest BCUT2D eigenvalue weighted by Gasteiger charge is 1.98. The molecule has 11 heavy (non-hydrogen) atoms. The summed E-state index contributed by atoms with van der Waals surface area (Å²) in [5.74, 6) is 0.472. The van der Waals surface area contributed by atoms with Crippen LogP contribution in [0.5, 0.6) is 0 Å². The minimum Gasteiger partial charge on any atom is -0.378 e. The molecule has 0 N–H and O–H groups in total. The summed E-state index contributed by atoms with van der Waals surface area (Å²) in [5, 5.41) is 10.2. The SMILES string of the molecule is [O]C(Cl)COCCOCCCl. The fourth-order valence-corrected chi connectivity index (χ4v) is 0.649. The smallest absolute Gasteiger partial charge is 0.189 e. The first kappa shape index (κ1) is 11.5. The summed E-state index contributed by atoms with van der Waals surface area (Å²) in [5.41, 5.74) is -1.18. The Hall–Kier alpha value is 0.460. The van der Waals surface area contributed by atoms with Gasteiger partial charge in [-0.05, 0) is 0 Å². The molecule has 0 amide bonds. The third-order valence-electron chi connectivity index (χ3n) is 0.842. The van der Waals surface area contributed by atoms with Gasteiger partial charge in [0.25, 0.3) is 0 Å². The third-order valence-corrected chi connectivity index (χ3v) is 1.12. The van der Waals surface area contributed by atoms with Crippen LogP contribution >= 0.6 is 23.2 Å². The number of hydrogen-bond acceptors (Lipinski definition) is 2. The minimum absolute atomic E-state index is 0.0196. The molecule has 0 bridgehead atoms. The molecule has 0 saturated heterocycles. The summed E-state index contributed by atoms with van der Waals surface area (Å²) in [7, 11) is 0. The highest BCUT2D eigenvalue weighted by atomic mass is 35.5. The first-order valence-corrected chi connectivity index (χ1v) is 4.26. The van der Waals surface area contributed by atoms with Crippen molar-refractivity contribution in [1.29, 1.82) is 0 Å². The second kappa shape index (κ2) is 8.56. The van der Waals surface area contributed by atoms with Gasteiger partial charge in [-0.25, -0.2) is 5.11 Å². The van der Waals surface area contributed by atoms with Crippen LogP contribution in [-0.2, 0) is 14.6 Å². The zero-order valence-electron chi connectivity index (χ0n) is 6.09. The van der Waals surface area contributed by atoms with E-state index in [4.69, 9.17) is 32.7 Å². The Kier molecular flexibility index (Phi) is 8.91. The van der Waals surface area contributed by atoms with Gasteiger partial charge in [0, 0.05) is 5.88 Å². The lowest BCUT2D eigenvalue weighted by molar-refractivity contribution is 0.0106. The van der Waals surface area contributed by atoms with E-state index in [0.717, 1.165) is 0 Å². The number of halogens is 2. The van der Waals surface area contributed by atoms with Crippen LogP contribution in [0.15, 0.2) is 0 Å². The van der Waals surface area contributed by atoms with Gasteiger partial charge in [0.2, 0.25) is 0 Å². The fourth-order valence-electron chi connectivity index (χ4n) is 0.450. The molecule has 1 radical (unpaired) electrons. The number of alkyl halides is 2. The summed E-state index contributed by atoms with van der Waals surface area (Å²) in [6, 6.07) is 0. The van der Waals surface area contributed by atoms with Crippen molar-refractivity contribution in [3.8, 4) is 0 Å². The van der Waals surface area contributed by atoms with Crippen molar-refractivity contribution in [2.75, 3.05) is 32.3 Å². The Morgan fingerprint density at radius 1 is 1.18 bits per heavy atom. The molecule has 0 rings (SSSR count). The zero-order chi connectivity index (χ0) is 8.53. The van der Waals surface area contributed by atoms with Gasteiger partial charge in [0.05, 0.1) is 26.4 Å². The Bertz CT molecular complexity index is 80.2. The largest absolute Gasteiger partial charge is 0.378 e. The van der Waals surface area contributed by atoms with Crippen molar-refractivity contribution in [2.45, 2.75) is 5.56 Å². The molecule has 0 heterocycles. The summed E-state index contributed by atoms with van der Waals surface area (Å²) in [4.78, 5) is 0. The van der Waals surface area contributed by atoms with E-state index in [-0.39, 0.29) is 6.61 Å². The predicted octanol–water partition coefficient (Wildman–Crippen LogP) is 1.25. The lowest BCUT2D eigenvalue weighted by Gasteiger charge is -2.03. The molecule has 0 aliphatic carbocycles. The van der Waals surface area contributed by atoms with Crippen LogP contribution in [0, 0.1) is 0 Å². The number of ether oxygens (including phenoxy) is 2. The average molecular weight is 202 g/mol. The maximum atomic E-state index is 10.2. The molecule has 3 nitrogen and oxygen atoms in total. The first-order valence-electron chi connectivity index (χ1n) is 3.28. The van der Waals surface area contributed by atoms with Gasteiger partial charge in [-0.15, -0.1) is 11.6 Å². The quantitative estimate of drug-likeness (QED) is 0.460. The summed E-state index contributed by atoms with van der Waals surface area (Å²) in [6.07, 6.45) is 0. The topological polar surface area (TPSA) is 38.4 Å². The normalized spacial score (nSPS) is 13.4. The van der Waals surface area contributed by atoms with Crippen LogP contribution < -0.4 is 0 Å². The molecule has 0 aromatic heterocycles. The zero-order valence-corrected chi connectivity index (χ0v) is 7.61. The van der Waals surface area contributed by atoms with Gasteiger partial charge in [-0.1, -0.05) is 11.6 Å². The van der Waals surface area contributed by atoms with E-state index in [2.05, 4.69) is 0 Å². The Morgan fingerprint density at radius 3 is 2.36 bits per heavy atom. The van der Waals surface area contributed by atoms with Crippen LogP contribution in [0.4, 0.5) is 0 Å². The molecule has 0 saturated carbocycles. The van der Waals surface area contributed by atoms with Gasteiger partial charge >= 0.3 is 0 Å². The number of hydrogen-bond donors (Lipinski definition) is 0. The van der Waals surface area contributed by atoms with Gasteiger partial charge in [0.1, 0.15) is 0 Å². The van der Waals surface area contributed by atoms with Gasteiger partial charge in [-0.3, -0.25) is 0 Å². The second-order valence-electron chi connectivity index (χ2n) is 1.79. The van der Waals surface area contributed by atoms with E-state index in [1.54, 1.807) is 0 Å². The van der Waals surface area contributed by atoms with Gasteiger partial charge in [-0.2, -0.15) is 0 Å². The molecule has 0 aromatic carbocycles. The van der Waals surface area contributed by atoms with Crippen LogP contribution in [0.1, 0.15) is 0 Å². The lowest BCUT2D eigenvalue weighted by atomic mass is 10.7. The van der Waals surface area contributed by atoms with E-state index in [1.165, 1.54) is 0 Å². The highest BCUT2D eigenvalue weighted by molar-refractivity contribution is 6.19. The standard InChI is InChI=1S/C6H11Cl2O3/c7-1-2-10-3-4-11-5-6(8)9/h6H,1-5H2. The van der Waals surface area contributed by atoms with Gasteiger partial charge < -0.3 is 9.47 Å². The lowest BCUT2D eigenvalue weighted by Crippen LogP contribution is -2.11. The minimum atomic E-state index is -1.18. The maximum absolute atomic E-state index is 10.2. The van der Waals surface area contributed by atoms with Crippen molar-refractivity contribution in [2.24, 2.45) is 0 Å². The number of rotatable bonds is 7. The summed E-state index contributed by atoms with van der Waals surface area (Å²) in [6.45, 7) is 1.37. The van der Waals surface area contributed by atoms with E-state index in [9.17, 15) is 5.11 Å². The van der Waals surface area contributed by atoms with Crippen molar-refractivity contribution < 1.29 is 14.6 Å². The van der Waals surface area contributed by atoms with Crippen molar-refractivity contribution in [1.82, 2.24) is 0 Å². The van der Waals surface area contributed by atoms with Crippen molar-refractivity contribution in [3.63, 3.8) is 0 Å². The van der Waals surface area contributed by atoms with Crippen molar-refractivity contribution >= 4 is 23.2 Å².